The van der Waals surface area contributed by atoms with Crippen LogP contribution in [0.25, 0.3) is 6.08 Å². The smallest absolute Gasteiger partial charge is 0.270 e. The van der Waals surface area contributed by atoms with Gasteiger partial charge in [0.05, 0.1) is 23.4 Å². The minimum Gasteiger partial charge on any atom is -0.493 e. The Balaban J connectivity index is 1.45. The van der Waals surface area contributed by atoms with E-state index in [4.69, 9.17) is 21.7 Å². The minimum atomic E-state index is -0.299. The van der Waals surface area contributed by atoms with Crippen molar-refractivity contribution in [2.24, 2.45) is 0 Å². The maximum atomic E-state index is 13.1. The van der Waals surface area contributed by atoms with Crippen LogP contribution in [-0.4, -0.2) is 29.9 Å². The molecule has 0 saturated carbocycles. The zero-order chi connectivity index (χ0) is 26.7. The first-order valence-corrected chi connectivity index (χ1v) is 13.9. The van der Waals surface area contributed by atoms with E-state index < -0.39 is 0 Å². The van der Waals surface area contributed by atoms with E-state index in [0.29, 0.717) is 32.1 Å². The number of methoxy groups -OCH3 is 1. The van der Waals surface area contributed by atoms with E-state index in [1.165, 1.54) is 23.8 Å². The molecule has 0 bridgehead atoms. The number of anilines is 2. The lowest BCUT2D eigenvalue weighted by molar-refractivity contribution is -0.118. The fourth-order valence-electron chi connectivity index (χ4n) is 3.53. The van der Waals surface area contributed by atoms with Crippen molar-refractivity contribution in [2.75, 3.05) is 23.9 Å². The van der Waals surface area contributed by atoms with Gasteiger partial charge in [-0.3, -0.25) is 14.5 Å². The van der Waals surface area contributed by atoms with Crippen LogP contribution in [0.5, 0.6) is 11.5 Å². The lowest BCUT2D eigenvalue weighted by Crippen LogP contribution is -2.27. The van der Waals surface area contributed by atoms with Gasteiger partial charge in [0.25, 0.3) is 11.8 Å². The summed E-state index contributed by atoms with van der Waals surface area (Å²) in [4.78, 5) is 27.6. The largest absolute Gasteiger partial charge is 0.493 e. The Morgan fingerprint density at radius 3 is 2.46 bits per heavy atom. The second kappa shape index (κ2) is 11.8. The average Bonchev–Trinajstić information content (AvgIpc) is 3.14. The lowest BCUT2D eigenvalue weighted by Gasteiger charge is -2.14. The fraction of sp³-hybridized carbons (Fsp3) is 0.148. The van der Waals surface area contributed by atoms with Crippen molar-refractivity contribution in [3.63, 3.8) is 0 Å². The number of rotatable bonds is 7. The number of aryl methyl sites for hydroxylation is 2. The number of halogens is 2. The highest BCUT2D eigenvalue weighted by Gasteiger charge is 2.33. The molecule has 2 amide bonds. The Hall–Kier alpha value is -2.66. The van der Waals surface area contributed by atoms with Crippen LogP contribution in [0.4, 0.5) is 11.4 Å². The third kappa shape index (κ3) is 6.43. The molecule has 190 valence electrons. The molecular formula is C27H22Br2N2O4S2. The predicted octanol–water partition coefficient (Wildman–Crippen LogP) is 7.26. The van der Waals surface area contributed by atoms with Crippen molar-refractivity contribution in [2.45, 2.75) is 13.8 Å². The van der Waals surface area contributed by atoms with Crippen LogP contribution in [0.2, 0.25) is 0 Å². The van der Waals surface area contributed by atoms with Gasteiger partial charge in [-0.15, -0.1) is 0 Å². The molecule has 6 nitrogen and oxygen atoms in total. The molecule has 10 heteroatoms. The van der Waals surface area contributed by atoms with Crippen LogP contribution in [0.15, 0.2) is 68.4 Å². The van der Waals surface area contributed by atoms with Gasteiger partial charge in [0.15, 0.2) is 22.4 Å². The molecule has 1 saturated heterocycles. The van der Waals surface area contributed by atoms with E-state index in [-0.39, 0.29) is 18.4 Å². The summed E-state index contributed by atoms with van der Waals surface area (Å²) >= 11 is 13.6. The first kappa shape index (κ1) is 27.4. The summed E-state index contributed by atoms with van der Waals surface area (Å²) in [6, 6.07) is 16.5. The Kier molecular flexibility index (Phi) is 8.74. The van der Waals surface area contributed by atoms with Gasteiger partial charge in [-0.1, -0.05) is 46.0 Å². The zero-order valence-electron chi connectivity index (χ0n) is 20.1. The number of nitrogens with one attached hydrogen (secondary N) is 1. The number of carbonyl (C=O) groups is 2. The highest BCUT2D eigenvalue weighted by molar-refractivity contribution is 9.10. The Labute approximate surface area is 241 Å². The quantitative estimate of drug-likeness (QED) is 0.212. The van der Waals surface area contributed by atoms with Crippen LogP contribution < -0.4 is 19.7 Å². The maximum absolute atomic E-state index is 13.1. The fourth-order valence-corrected chi connectivity index (χ4v) is 5.65. The molecule has 1 heterocycles. The van der Waals surface area contributed by atoms with Gasteiger partial charge in [0.1, 0.15) is 0 Å². The number of carbonyl (C=O) groups excluding carboxylic acids is 2. The lowest BCUT2D eigenvalue weighted by atomic mass is 10.1. The van der Waals surface area contributed by atoms with E-state index in [9.17, 15) is 9.59 Å². The summed E-state index contributed by atoms with van der Waals surface area (Å²) in [5.41, 5.74) is 4.33. The summed E-state index contributed by atoms with van der Waals surface area (Å²) in [5.74, 6) is 0.367. The Morgan fingerprint density at radius 1 is 1.05 bits per heavy atom. The summed E-state index contributed by atoms with van der Waals surface area (Å²) < 4.78 is 13.4. The number of amides is 2. The number of nitrogens with zero attached hydrogens (tertiary/aromatic N) is 1. The van der Waals surface area contributed by atoms with E-state index in [1.54, 1.807) is 24.3 Å². The van der Waals surface area contributed by atoms with Crippen LogP contribution in [0.3, 0.4) is 0 Å². The molecule has 0 atom stereocenters. The number of ether oxygens (including phenoxy) is 2. The molecule has 1 aliphatic heterocycles. The van der Waals surface area contributed by atoms with E-state index in [1.807, 2.05) is 50.2 Å². The molecular weight excluding hydrogens is 640 g/mol. The highest BCUT2D eigenvalue weighted by Crippen LogP contribution is 2.37. The van der Waals surface area contributed by atoms with Crippen molar-refractivity contribution >= 4 is 89.4 Å². The Morgan fingerprint density at radius 2 is 1.76 bits per heavy atom. The molecule has 3 aromatic carbocycles. The number of benzene rings is 3. The van der Waals surface area contributed by atoms with Crippen molar-refractivity contribution < 1.29 is 19.1 Å². The number of thiocarbonyl (C=S) groups is 1. The third-order valence-electron chi connectivity index (χ3n) is 5.58. The molecule has 1 N–H and O–H groups in total. The van der Waals surface area contributed by atoms with Gasteiger partial charge in [0.2, 0.25) is 0 Å². The van der Waals surface area contributed by atoms with Gasteiger partial charge >= 0.3 is 0 Å². The van der Waals surface area contributed by atoms with Gasteiger partial charge in [-0.05, 0) is 101 Å². The normalized spacial score (nSPS) is 14.3. The first-order chi connectivity index (χ1) is 17.7. The predicted molar refractivity (Wildman–Crippen MR) is 161 cm³/mol. The van der Waals surface area contributed by atoms with E-state index >= 15 is 0 Å². The third-order valence-corrected chi connectivity index (χ3v) is 8.07. The van der Waals surface area contributed by atoms with Crippen molar-refractivity contribution in [3.8, 4) is 11.5 Å². The van der Waals surface area contributed by atoms with Crippen LogP contribution in [-0.2, 0) is 9.59 Å². The summed E-state index contributed by atoms with van der Waals surface area (Å²) in [6.45, 7) is 3.80. The molecule has 3 aromatic rings. The zero-order valence-corrected chi connectivity index (χ0v) is 24.9. The molecule has 0 aromatic heterocycles. The average molecular weight is 662 g/mol. The van der Waals surface area contributed by atoms with Crippen molar-refractivity contribution in [1.82, 2.24) is 0 Å². The second-order valence-electron chi connectivity index (χ2n) is 8.16. The van der Waals surface area contributed by atoms with E-state index in [0.717, 1.165) is 25.6 Å². The highest BCUT2D eigenvalue weighted by atomic mass is 79.9. The van der Waals surface area contributed by atoms with Crippen LogP contribution >= 0.6 is 55.8 Å². The summed E-state index contributed by atoms with van der Waals surface area (Å²) in [5, 5.41) is 2.85. The van der Waals surface area contributed by atoms with Crippen molar-refractivity contribution in [1.29, 1.82) is 0 Å². The summed E-state index contributed by atoms with van der Waals surface area (Å²) in [7, 11) is 1.52. The number of hydrogen-bond acceptors (Lipinski definition) is 6. The Bertz CT molecular complexity index is 1420. The molecule has 1 fully saturated rings. The molecule has 0 radical (unpaired) electrons. The molecule has 0 unspecified atom stereocenters. The van der Waals surface area contributed by atoms with E-state index in [2.05, 4.69) is 37.2 Å². The number of hydrogen-bond donors (Lipinski definition) is 1. The van der Waals surface area contributed by atoms with Gasteiger partial charge in [-0.2, -0.15) is 0 Å². The van der Waals surface area contributed by atoms with Crippen molar-refractivity contribution in [3.05, 3.63) is 85.1 Å². The standard InChI is InChI=1S/C27H22Br2N2O4S2/c1-15-10-20(29)21(11-16(15)2)30-25(32)14-35-22-9-4-17(12-23(22)34-3)13-24-26(33)31(27(36)37-24)19-7-5-18(28)6-8-19/h4-13H,14H2,1-3H3,(H,30,32)/b24-13+. The maximum Gasteiger partial charge on any atom is 0.270 e. The number of thioether (sulfide) groups is 1. The second-order valence-corrected chi connectivity index (χ2v) is 11.6. The minimum absolute atomic E-state index is 0.189. The first-order valence-electron chi connectivity index (χ1n) is 11.1. The monoisotopic (exact) mass is 660 g/mol. The van der Waals surface area contributed by atoms with Gasteiger partial charge in [-0.25, -0.2) is 0 Å². The molecule has 1 aliphatic rings. The van der Waals surface area contributed by atoms with Gasteiger partial charge < -0.3 is 14.8 Å². The van der Waals surface area contributed by atoms with Crippen LogP contribution in [0.1, 0.15) is 16.7 Å². The molecule has 0 spiro atoms. The van der Waals surface area contributed by atoms with Gasteiger partial charge in [0, 0.05) is 8.95 Å². The summed E-state index contributed by atoms with van der Waals surface area (Å²) in [6.07, 6.45) is 1.76. The van der Waals surface area contributed by atoms with Crippen LogP contribution in [0, 0.1) is 13.8 Å². The topological polar surface area (TPSA) is 67.9 Å². The SMILES string of the molecule is COc1cc(/C=C2/SC(=S)N(c3ccc(Br)cc3)C2=O)ccc1OCC(=O)Nc1cc(C)c(C)cc1Br. The molecule has 0 aliphatic carbocycles. The molecule has 4 rings (SSSR count). The molecule has 37 heavy (non-hydrogen) atoms.